The highest BCUT2D eigenvalue weighted by molar-refractivity contribution is 6.16. The number of nitrogens with zero attached hydrogens (tertiary/aromatic N) is 2. The van der Waals surface area contributed by atoms with Crippen LogP contribution < -0.4 is 15.5 Å². The Morgan fingerprint density at radius 3 is 2.56 bits per heavy atom. The van der Waals surface area contributed by atoms with Crippen molar-refractivity contribution in [2.45, 2.75) is 44.6 Å². The van der Waals surface area contributed by atoms with Crippen molar-refractivity contribution < 1.29 is 14.4 Å². The molecule has 2 aliphatic rings. The quantitative estimate of drug-likeness (QED) is 0.643. The zero-order valence-corrected chi connectivity index (χ0v) is 13.8. The maximum absolute atomic E-state index is 12.0. The highest BCUT2D eigenvalue weighted by Gasteiger charge is 2.28. The van der Waals surface area contributed by atoms with Crippen LogP contribution in [-0.2, 0) is 14.4 Å². The largest absolute Gasteiger partial charge is 0.372 e. The van der Waals surface area contributed by atoms with Gasteiger partial charge in [0.2, 0.25) is 17.7 Å². The first-order valence-corrected chi connectivity index (χ1v) is 8.47. The van der Waals surface area contributed by atoms with E-state index in [4.69, 9.17) is 0 Å². The van der Waals surface area contributed by atoms with Crippen LogP contribution in [0.15, 0.2) is 23.4 Å². The Bertz CT molecular complexity index is 703. The van der Waals surface area contributed by atoms with Gasteiger partial charge in [0, 0.05) is 19.4 Å². The van der Waals surface area contributed by atoms with Crippen molar-refractivity contribution in [2.75, 3.05) is 16.8 Å². The number of rotatable bonds is 4. The molecular weight excluding hydrogens is 324 g/mol. The second-order valence-corrected chi connectivity index (χ2v) is 6.25. The van der Waals surface area contributed by atoms with E-state index in [0.29, 0.717) is 43.6 Å². The summed E-state index contributed by atoms with van der Waals surface area (Å²) in [6.45, 7) is 0.647. The fraction of sp³-hybridized carbons (Fsp3) is 0.471. The molecule has 132 valence electrons. The van der Waals surface area contributed by atoms with Crippen LogP contribution in [0.25, 0.3) is 0 Å². The summed E-state index contributed by atoms with van der Waals surface area (Å²) in [6, 6.07) is 4.14. The van der Waals surface area contributed by atoms with Crippen LogP contribution in [0.4, 0.5) is 17.1 Å². The number of hydrogen-bond acceptors (Lipinski definition) is 6. The predicted molar refractivity (Wildman–Crippen MR) is 92.5 cm³/mol. The van der Waals surface area contributed by atoms with E-state index >= 15 is 0 Å². The lowest BCUT2D eigenvalue weighted by Gasteiger charge is -2.25. The van der Waals surface area contributed by atoms with Crippen molar-refractivity contribution >= 4 is 34.8 Å². The van der Waals surface area contributed by atoms with Crippen LogP contribution in [0.2, 0.25) is 0 Å². The Hall–Kier alpha value is -2.77. The zero-order valence-electron chi connectivity index (χ0n) is 13.8. The van der Waals surface area contributed by atoms with E-state index < -0.39 is 6.04 Å². The summed E-state index contributed by atoms with van der Waals surface area (Å²) in [4.78, 5) is 48.4. The Morgan fingerprint density at radius 2 is 1.84 bits per heavy atom. The molecule has 3 rings (SSSR count). The molecule has 2 fully saturated rings. The van der Waals surface area contributed by atoms with Gasteiger partial charge in [0.1, 0.15) is 11.7 Å². The van der Waals surface area contributed by atoms with Crippen molar-refractivity contribution in [3.05, 3.63) is 23.1 Å². The molecule has 0 radical (unpaired) electrons. The standard InChI is InChI=1S/C17H20N4O4/c22-15-5-3-6-16(23)21(15)11-7-8-12(14(10-11)20-25)19-13-4-1-2-9-18-17(13)24/h7-8,10,13,19H,1-6,9H2,(H,18,24). The van der Waals surface area contributed by atoms with E-state index in [9.17, 15) is 19.3 Å². The van der Waals surface area contributed by atoms with Gasteiger partial charge in [-0.2, -0.15) is 0 Å². The van der Waals surface area contributed by atoms with Crippen molar-refractivity contribution in [1.29, 1.82) is 0 Å². The fourth-order valence-electron chi connectivity index (χ4n) is 3.16. The summed E-state index contributed by atoms with van der Waals surface area (Å²) < 4.78 is 0. The van der Waals surface area contributed by atoms with E-state index in [2.05, 4.69) is 15.8 Å². The van der Waals surface area contributed by atoms with Crippen molar-refractivity contribution in [3.63, 3.8) is 0 Å². The SMILES string of the molecule is O=Nc1cc(N2C(=O)CCCC2=O)ccc1NC1CCCCNC1=O. The number of piperidine rings is 1. The van der Waals surface area contributed by atoms with Gasteiger partial charge in [-0.3, -0.25) is 19.3 Å². The molecular formula is C17H20N4O4. The molecule has 2 saturated heterocycles. The summed E-state index contributed by atoms with van der Waals surface area (Å²) in [5, 5.41) is 8.86. The third kappa shape index (κ3) is 3.67. The second kappa shape index (κ2) is 7.42. The van der Waals surface area contributed by atoms with Gasteiger partial charge in [-0.05, 0) is 49.1 Å². The highest BCUT2D eigenvalue weighted by atomic mass is 16.3. The summed E-state index contributed by atoms with van der Waals surface area (Å²) >= 11 is 0. The monoisotopic (exact) mass is 344 g/mol. The first-order chi connectivity index (χ1) is 12.1. The lowest BCUT2D eigenvalue weighted by atomic mass is 10.1. The summed E-state index contributed by atoms with van der Waals surface area (Å²) in [7, 11) is 0. The third-order valence-corrected chi connectivity index (χ3v) is 4.48. The first kappa shape index (κ1) is 17.1. The van der Waals surface area contributed by atoms with Gasteiger partial charge in [-0.25, -0.2) is 0 Å². The maximum Gasteiger partial charge on any atom is 0.242 e. The molecule has 1 aromatic rings. The average Bonchev–Trinajstić information content (AvgIpc) is 2.80. The molecule has 2 N–H and O–H groups in total. The minimum atomic E-state index is -0.438. The molecule has 3 amide bonds. The van der Waals surface area contributed by atoms with Crippen LogP contribution in [0.5, 0.6) is 0 Å². The summed E-state index contributed by atoms with van der Waals surface area (Å²) in [6.07, 6.45) is 3.63. The Balaban J connectivity index is 1.84. The molecule has 2 heterocycles. The number of anilines is 2. The van der Waals surface area contributed by atoms with E-state index in [0.717, 1.165) is 17.7 Å². The fourth-order valence-corrected chi connectivity index (χ4v) is 3.16. The predicted octanol–water partition coefficient (Wildman–Crippen LogP) is 2.21. The van der Waals surface area contributed by atoms with Crippen LogP contribution in [0, 0.1) is 4.91 Å². The van der Waals surface area contributed by atoms with Crippen molar-refractivity contribution in [2.24, 2.45) is 5.18 Å². The smallest absolute Gasteiger partial charge is 0.242 e. The zero-order chi connectivity index (χ0) is 17.8. The number of amides is 3. The number of carbonyl (C=O) groups is 3. The van der Waals surface area contributed by atoms with Gasteiger partial charge in [0.15, 0.2) is 0 Å². The molecule has 0 aliphatic carbocycles. The molecule has 0 aromatic heterocycles. The molecule has 8 nitrogen and oxygen atoms in total. The minimum Gasteiger partial charge on any atom is -0.372 e. The second-order valence-electron chi connectivity index (χ2n) is 6.25. The molecule has 1 unspecified atom stereocenters. The molecule has 0 saturated carbocycles. The molecule has 1 aromatic carbocycles. The van der Waals surface area contributed by atoms with Crippen molar-refractivity contribution in [1.82, 2.24) is 5.32 Å². The van der Waals surface area contributed by atoms with E-state index in [1.54, 1.807) is 12.1 Å². The van der Waals surface area contributed by atoms with Gasteiger partial charge >= 0.3 is 0 Å². The van der Waals surface area contributed by atoms with E-state index in [1.807, 2.05) is 0 Å². The Kier molecular flexibility index (Phi) is 5.06. The van der Waals surface area contributed by atoms with Crippen LogP contribution in [-0.4, -0.2) is 30.3 Å². The normalized spacial score (nSPS) is 21.5. The van der Waals surface area contributed by atoms with Gasteiger partial charge in [-0.1, -0.05) is 0 Å². The molecule has 25 heavy (non-hydrogen) atoms. The van der Waals surface area contributed by atoms with Crippen LogP contribution in [0.1, 0.15) is 38.5 Å². The van der Waals surface area contributed by atoms with Gasteiger partial charge in [0.05, 0.1) is 11.4 Å². The Morgan fingerprint density at radius 1 is 1.08 bits per heavy atom. The van der Waals surface area contributed by atoms with Gasteiger partial charge in [-0.15, -0.1) is 4.91 Å². The number of carbonyl (C=O) groups excluding carboxylic acids is 3. The van der Waals surface area contributed by atoms with Gasteiger partial charge < -0.3 is 10.6 Å². The van der Waals surface area contributed by atoms with Gasteiger partial charge in [0.25, 0.3) is 0 Å². The topological polar surface area (TPSA) is 108 Å². The molecule has 2 aliphatic heterocycles. The molecule has 8 heteroatoms. The lowest BCUT2D eigenvalue weighted by Crippen LogP contribution is -2.40. The molecule has 1 atom stereocenters. The number of nitrogens with one attached hydrogen (secondary N) is 2. The number of benzene rings is 1. The lowest BCUT2D eigenvalue weighted by molar-refractivity contribution is -0.129. The average molecular weight is 344 g/mol. The van der Waals surface area contributed by atoms with E-state index in [-0.39, 0.29) is 23.4 Å². The summed E-state index contributed by atoms with van der Waals surface area (Å²) in [5.74, 6) is -0.672. The summed E-state index contributed by atoms with van der Waals surface area (Å²) in [5.41, 5.74) is 0.818. The van der Waals surface area contributed by atoms with Crippen molar-refractivity contribution in [3.8, 4) is 0 Å². The first-order valence-electron chi connectivity index (χ1n) is 8.47. The number of hydrogen-bond donors (Lipinski definition) is 2. The third-order valence-electron chi connectivity index (χ3n) is 4.48. The molecule has 0 spiro atoms. The number of imide groups is 1. The molecule has 0 bridgehead atoms. The minimum absolute atomic E-state index is 0.0701. The van der Waals surface area contributed by atoms with E-state index in [1.165, 1.54) is 6.07 Å². The Labute approximate surface area is 144 Å². The highest BCUT2D eigenvalue weighted by Crippen LogP contribution is 2.33. The van der Waals surface area contributed by atoms with Crippen LogP contribution in [0.3, 0.4) is 0 Å². The maximum atomic E-state index is 12.0. The van der Waals surface area contributed by atoms with Crippen LogP contribution >= 0.6 is 0 Å². The number of nitroso groups, excluding NO2 is 1.